The van der Waals surface area contributed by atoms with E-state index in [1.54, 1.807) is 0 Å². The number of nitrogens with zero attached hydrogens (tertiary/aromatic N) is 4. The molecule has 4 aromatic carbocycles. The van der Waals surface area contributed by atoms with Crippen LogP contribution in [0.3, 0.4) is 0 Å². The normalized spacial score (nSPS) is 11.0. The summed E-state index contributed by atoms with van der Waals surface area (Å²) in [6.07, 6.45) is 0. The minimum Gasteiger partial charge on any atom is -0.744 e. The Bertz CT molecular complexity index is 1940. The molecule has 4 rings (SSSR count). The number of fused-ring (bicyclic) bond motifs is 2. The Morgan fingerprint density at radius 1 is 0.477 bits per heavy atom. The number of hydrogen-bond acceptors (Lipinski definition) is 16. The van der Waals surface area contributed by atoms with E-state index in [0.29, 0.717) is 24.3 Å². The van der Waals surface area contributed by atoms with Gasteiger partial charge in [0.15, 0.2) is 0 Å². The van der Waals surface area contributed by atoms with Crippen molar-refractivity contribution in [3.8, 4) is 11.5 Å². The molecule has 0 spiro atoms. The Labute approximate surface area is 287 Å². The summed E-state index contributed by atoms with van der Waals surface area (Å²) >= 11 is 0. The van der Waals surface area contributed by atoms with Gasteiger partial charge in [-0.05, 0) is 36.4 Å². The van der Waals surface area contributed by atoms with E-state index in [0.717, 1.165) is 24.3 Å². The molecule has 0 amide bonds. The molecule has 24 heteroatoms. The molecule has 4 aromatic rings. The first-order valence-electron chi connectivity index (χ1n) is 10.3. The van der Waals surface area contributed by atoms with Crippen molar-refractivity contribution in [2.75, 3.05) is 0 Å². The number of nitro benzene ring substituents is 4. The molecule has 0 bridgehead atoms. The van der Waals surface area contributed by atoms with Crippen molar-refractivity contribution in [3.05, 3.63) is 89.0 Å². The molecule has 0 saturated heterocycles. The van der Waals surface area contributed by atoms with Gasteiger partial charge in [0, 0.05) is 10.8 Å². The molecule has 0 heterocycles. The minimum absolute atomic E-state index is 0. The number of phenols is 2. The third-order valence-electron chi connectivity index (χ3n) is 5.44. The fraction of sp³-hybridized carbons (Fsp3) is 0. The van der Waals surface area contributed by atoms with Crippen LogP contribution >= 0.6 is 0 Å². The van der Waals surface area contributed by atoms with Crippen molar-refractivity contribution < 1.29 is 115 Å². The van der Waals surface area contributed by atoms with Crippen molar-refractivity contribution in [1.82, 2.24) is 0 Å². The summed E-state index contributed by atoms with van der Waals surface area (Å²) in [5.41, 5.74) is -3.31. The van der Waals surface area contributed by atoms with Gasteiger partial charge >= 0.3 is 70.5 Å². The van der Waals surface area contributed by atoms with Gasteiger partial charge < -0.3 is 19.3 Å². The van der Waals surface area contributed by atoms with E-state index in [1.165, 1.54) is 0 Å². The van der Waals surface area contributed by atoms with Gasteiger partial charge in [-0.15, -0.1) is 0 Å². The number of hydrogen-bond donors (Lipinski definition) is 2. The number of phenolic OH excluding ortho intramolecular Hbond substituents is 2. The second-order valence-corrected chi connectivity index (χ2v) is 10.6. The zero-order chi connectivity index (χ0) is 31.9. The summed E-state index contributed by atoms with van der Waals surface area (Å²) in [4.78, 5) is 37.9. The monoisotopic (exact) mass is 672 g/mol. The molecule has 0 aliphatic rings. The van der Waals surface area contributed by atoms with Gasteiger partial charge in [0.1, 0.15) is 20.2 Å². The van der Waals surface area contributed by atoms with E-state index in [2.05, 4.69) is 0 Å². The Morgan fingerprint density at radius 3 is 0.977 bits per heavy atom. The maximum absolute atomic E-state index is 10.9. The fourth-order valence-electron chi connectivity index (χ4n) is 3.60. The molecule has 44 heavy (non-hydrogen) atoms. The molecule has 0 radical (unpaired) electrons. The van der Waals surface area contributed by atoms with Crippen LogP contribution in [0.4, 0.5) is 22.7 Å². The maximum atomic E-state index is 10.9. The Morgan fingerprint density at radius 2 is 0.750 bits per heavy atom. The molecule has 2 N–H and O–H groups in total. The summed E-state index contributed by atoms with van der Waals surface area (Å²) in [5, 5.41) is 61.5. The zero-order valence-corrected chi connectivity index (χ0v) is 27.5. The maximum Gasteiger partial charge on any atom is 1.00 e. The number of benzene rings is 4. The van der Waals surface area contributed by atoms with Crippen LogP contribution in [-0.2, 0) is 20.2 Å². The largest absolute Gasteiger partial charge is 1.00 e. The molecule has 0 saturated carbocycles. The predicted octanol–water partition coefficient (Wildman–Crippen LogP) is -3.46. The number of non-ortho nitro benzene ring substituents is 2. The third-order valence-corrected chi connectivity index (χ3v) is 7.10. The smallest absolute Gasteiger partial charge is 0.744 e. The van der Waals surface area contributed by atoms with Crippen molar-refractivity contribution in [2.24, 2.45) is 0 Å². The Balaban J connectivity index is 0.000000421. The zero-order valence-electron chi connectivity index (χ0n) is 21.8. The van der Waals surface area contributed by atoms with Gasteiger partial charge in [-0.25, -0.2) is 16.8 Å². The fourth-order valence-corrected chi connectivity index (χ4v) is 4.60. The van der Waals surface area contributed by atoms with Crippen LogP contribution in [0, 0.1) is 40.5 Å². The van der Waals surface area contributed by atoms with Crippen LogP contribution in [0.1, 0.15) is 0 Å². The topological polar surface area (TPSA) is 327 Å². The van der Waals surface area contributed by atoms with Gasteiger partial charge in [0.05, 0.1) is 52.4 Å². The first-order chi connectivity index (χ1) is 19.2. The summed E-state index contributed by atoms with van der Waals surface area (Å²) in [6.45, 7) is 0. The predicted molar refractivity (Wildman–Crippen MR) is 134 cm³/mol. The van der Waals surface area contributed by atoms with Crippen molar-refractivity contribution in [2.45, 2.75) is 9.79 Å². The van der Waals surface area contributed by atoms with E-state index in [4.69, 9.17) is 0 Å². The SMILES string of the molecule is O=[N+]([O-])c1cc([N+](=O)[O-])c2ccc(S(=O)(=O)[O-])cc2c1O.O=[N+]([O-])c1cc([N+](=O)[O-])c2ccc(S(=O)(=O)[O-])cc2c1O.[Na+].[Na+]. The van der Waals surface area contributed by atoms with Gasteiger partial charge in [-0.3, -0.25) is 40.5 Å². The number of aromatic hydroxyl groups is 2. The van der Waals surface area contributed by atoms with Crippen molar-refractivity contribution in [1.29, 1.82) is 0 Å². The van der Waals surface area contributed by atoms with Crippen LogP contribution in [0.25, 0.3) is 21.5 Å². The minimum atomic E-state index is -4.88. The van der Waals surface area contributed by atoms with Crippen LogP contribution in [-0.4, -0.2) is 55.8 Å². The van der Waals surface area contributed by atoms with Gasteiger partial charge in [-0.1, -0.05) is 0 Å². The van der Waals surface area contributed by atoms with Gasteiger partial charge in [0.2, 0.25) is 11.5 Å². The number of nitro groups is 4. The molecule has 0 aliphatic heterocycles. The first kappa shape index (κ1) is 38.4. The summed E-state index contributed by atoms with van der Waals surface area (Å²) < 4.78 is 65.5. The average molecular weight is 672 g/mol. The molecule has 20 nitrogen and oxygen atoms in total. The van der Waals surface area contributed by atoms with Crippen molar-refractivity contribution >= 4 is 64.5 Å². The molecule has 0 atom stereocenters. The van der Waals surface area contributed by atoms with Gasteiger partial charge in [-0.2, -0.15) is 0 Å². The van der Waals surface area contributed by atoms with Crippen LogP contribution < -0.4 is 59.1 Å². The van der Waals surface area contributed by atoms with E-state index in [9.17, 15) is 76.6 Å². The van der Waals surface area contributed by atoms with Crippen LogP contribution in [0.5, 0.6) is 11.5 Å². The average Bonchev–Trinajstić information content (AvgIpc) is 2.87. The second kappa shape index (κ2) is 14.0. The molecular weight excluding hydrogens is 662 g/mol. The molecule has 0 aromatic heterocycles. The Hall–Kier alpha value is -3.58. The number of rotatable bonds is 6. The quantitative estimate of drug-likeness (QED) is 0.0870. The van der Waals surface area contributed by atoms with E-state index >= 15 is 0 Å². The first-order valence-corrected chi connectivity index (χ1v) is 13.2. The van der Waals surface area contributed by atoms with E-state index in [-0.39, 0.29) is 69.9 Å². The summed E-state index contributed by atoms with van der Waals surface area (Å²) in [5.74, 6) is -1.91. The van der Waals surface area contributed by atoms with Crippen LogP contribution in [0.2, 0.25) is 0 Å². The van der Waals surface area contributed by atoms with Crippen LogP contribution in [0.15, 0.2) is 58.3 Å². The third kappa shape index (κ3) is 7.92. The molecule has 0 aliphatic carbocycles. The standard InChI is InChI=1S/2C10H6N2O8S.2Na/c2*13-10-7-3-5(21(18,19)20)1-2-6(7)8(11(14)15)4-9(10)12(16)17;;/h2*1-4,13H,(H,18,19,20);;/q;;2*+1/p-2. The second-order valence-electron chi connectivity index (χ2n) is 7.88. The van der Waals surface area contributed by atoms with E-state index < -0.39 is 94.7 Å². The summed E-state index contributed by atoms with van der Waals surface area (Å²) in [6, 6.07) is 5.95. The van der Waals surface area contributed by atoms with E-state index in [1.807, 2.05) is 0 Å². The molecule has 0 unspecified atom stereocenters. The van der Waals surface area contributed by atoms with Crippen molar-refractivity contribution in [3.63, 3.8) is 0 Å². The van der Waals surface area contributed by atoms with Gasteiger partial charge in [0.25, 0.3) is 11.4 Å². The molecular formula is C20H10N4Na2O16S2. The Kier molecular flexibility index (Phi) is 12.3. The summed E-state index contributed by atoms with van der Waals surface area (Å²) in [7, 11) is -9.76. The molecule has 0 fully saturated rings. The molecule has 220 valence electrons.